The zero-order valence-electron chi connectivity index (χ0n) is 15.8. The Morgan fingerprint density at radius 1 is 0.931 bits per heavy atom. The number of amides is 2. The smallest absolute Gasteiger partial charge is 0.276 e. The van der Waals surface area contributed by atoms with E-state index < -0.39 is 11.8 Å². The Balaban J connectivity index is 1.65. The number of carbonyl (C=O) groups excluding carboxylic acids is 2. The first-order valence-electron chi connectivity index (χ1n) is 8.42. The predicted molar refractivity (Wildman–Crippen MR) is 115 cm³/mol. The van der Waals surface area contributed by atoms with Crippen molar-refractivity contribution in [2.45, 2.75) is 6.92 Å². The van der Waals surface area contributed by atoms with Gasteiger partial charge in [0.15, 0.2) is 18.3 Å². The third-order valence-corrected chi connectivity index (χ3v) is 4.59. The van der Waals surface area contributed by atoms with Gasteiger partial charge in [0.2, 0.25) is 0 Å². The van der Waals surface area contributed by atoms with Crippen molar-refractivity contribution in [3.05, 3.63) is 52.5 Å². The van der Waals surface area contributed by atoms with Crippen LogP contribution in [0, 0.1) is 6.92 Å². The van der Waals surface area contributed by atoms with Gasteiger partial charge in [-0.2, -0.15) is 0 Å². The van der Waals surface area contributed by atoms with E-state index in [1.165, 1.54) is 0 Å². The first-order chi connectivity index (χ1) is 13.9. The SMILES string of the molecule is COc1ccc(OCC(=O)NC(=S)NNC(=O)COc2ccc(Br)c(C)c2)cc1. The van der Waals surface area contributed by atoms with Gasteiger partial charge in [0.05, 0.1) is 7.11 Å². The molecule has 0 aliphatic heterocycles. The minimum Gasteiger partial charge on any atom is -0.497 e. The number of carbonyl (C=O) groups is 2. The number of hydrazine groups is 1. The molecule has 0 aromatic heterocycles. The van der Waals surface area contributed by atoms with E-state index in [9.17, 15) is 9.59 Å². The first-order valence-corrected chi connectivity index (χ1v) is 9.62. The number of halogens is 1. The van der Waals surface area contributed by atoms with Crippen LogP contribution in [0.4, 0.5) is 0 Å². The maximum absolute atomic E-state index is 11.8. The van der Waals surface area contributed by atoms with Gasteiger partial charge in [0, 0.05) is 4.47 Å². The highest BCUT2D eigenvalue weighted by Gasteiger charge is 2.08. The van der Waals surface area contributed by atoms with Crippen LogP contribution in [-0.2, 0) is 9.59 Å². The van der Waals surface area contributed by atoms with Crippen LogP contribution in [0.2, 0.25) is 0 Å². The molecule has 2 rings (SSSR count). The van der Waals surface area contributed by atoms with Crippen LogP contribution in [0.3, 0.4) is 0 Å². The molecule has 0 unspecified atom stereocenters. The lowest BCUT2D eigenvalue weighted by Gasteiger charge is -2.12. The summed E-state index contributed by atoms with van der Waals surface area (Å²) >= 11 is 8.34. The zero-order chi connectivity index (χ0) is 21.2. The maximum atomic E-state index is 11.8. The van der Waals surface area contributed by atoms with Crippen LogP contribution in [0.25, 0.3) is 0 Å². The number of thiocarbonyl (C=S) groups is 1. The van der Waals surface area contributed by atoms with Crippen molar-refractivity contribution in [3.63, 3.8) is 0 Å². The molecule has 2 amide bonds. The third kappa shape index (κ3) is 7.96. The molecule has 10 heteroatoms. The molecule has 8 nitrogen and oxygen atoms in total. The van der Waals surface area contributed by atoms with Crippen molar-refractivity contribution in [3.8, 4) is 17.2 Å². The quantitative estimate of drug-likeness (QED) is 0.412. The lowest BCUT2D eigenvalue weighted by molar-refractivity contribution is -0.124. The van der Waals surface area contributed by atoms with Crippen LogP contribution in [0.1, 0.15) is 5.56 Å². The highest BCUT2D eigenvalue weighted by atomic mass is 79.9. The molecule has 0 bridgehead atoms. The summed E-state index contributed by atoms with van der Waals surface area (Å²) in [6.07, 6.45) is 0. The fourth-order valence-electron chi connectivity index (χ4n) is 2.03. The average Bonchev–Trinajstić information content (AvgIpc) is 2.72. The van der Waals surface area contributed by atoms with Crippen molar-refractivity contribution < 1.29 is 23.8 Å². The number of methoxy groups -OCH3 is 1. The van der Waals surface area contributed by atoms with E-state index in [2.05, 4.69) is 32.1 Å². The second kappa shape index (κ2) is 11.2. The van der Waals surface area contributed by atoms with Crippen molar-refractivity contribution in [2.24, 2.45) is 0 Å². The number of ether oxygens (including phenoxy) is 3. The lowest BCUT2D eigenvalue weighted by atomic mass is 10.2. The second-order valence-corrected chi connectivity index (χ2v) is 6.98. The summed E-state index contributed by atoms with van der Waals surface area (Å²) in [6.45, 7) is 1.46. The monoisotopic (exact) mass is 481 g/mol. The fraction of sp³-hybridized carbons (Fsp3) is 0.211. The van der Waals surface area contributed by atoms with Crippen LogP contribution >= 0.6 is 28.1 Å². The molecule has 0 aliphatic carbocycles. The van der Waals surface area contributed by atoms with Gasteiger partial charge in [-0.1, -0.05) is 15.9 Å². The molecular formula is C19H20BrN3O5S. The van der Waals surface area contributed by atoms with E-state index in [-0.39, 0.29) is 18.3 Å². The van der Waals surface area contributed by atoms with Crippen molar-refractivity contribution in [2.75, 3.05) is 20.3 Å². The summed E-state index contributed by atoms with van der Waals surface area (Å²) in [5.74, 6) is 0.814. The molecule has 0 fully saturated rings. The molecule has 0 atom stereocenters. The Morgan fingerprint density at radius 3 is 2.17 bits per heavy atom. The summed E-state index contributed by atoms with van der Waals surface area (Å²) < 4.78 is 16.7. The Morgan fingerprint density at radius 2 is 1.52 bits per heavy atom. The van der Waals surface area contributed by atoms with E-state index in [4.69, 9.17) is 26.4 Å². The van der Waals surface area contributed by atoms with Gasteiger partial charge in [-0.3, -0.25) is 25.8 Å². The highest BCUT2D eigenvalue weighted by Crippen LogP contribution is 2.21. The lowest BCUT2D eigenvalue weighted by Crippen LogP contribution is -2.50. The summed E-state index contributed by atoms with van der Waals surface area (Å²) in [7, 11) is 1.56. The topological polar surface area (TPSA) is 97.9 Å². The molecule has 2 aromatic carbocycles. The Kier molecular flexibility index (Phi) is 8.68. The molecule has 0 saturated heterocycles. The average molecular weight is 482 g/mol. The van der Waals surface area contributed by atoms with Crippen LogP contribution < -0.4 is 30.4 Å². The highest BCUT2D eigenvalue weighted by molar-refractivity contribution is 9.10. The summed E-state index contributed by atoms with van der Waals surface area (Å²) in [6, 6.07) is 12.2. The molecule has 0 heterocycles. The molecule has 0 aliphatic rings. The van der Waals surface area contributed by atoms with E-state index in [0.717, 1.165) is 10.0 Å². The van der Waals surface area contributed by atoms with Crippen LogP contribution in [0.5, 0.6) is 17.2 Å². The Bertz CT molecular complexity index is 877. The molecule has 2 aromatic rings. The molecule has 0 radical (unpaired) electrons. The summed E-state index contributed by atoms with van der Waals surface area (Å²) in [4.78, 5) is 23.6. The number of benzene rings is 2. The van der Waals surface area contributed by atoms with Crippen molar-refractivity contribution >= 4 is 45.1 Å². The maximum Gasteiger partial charge on any atom is 0.276 e. The number of hydrogen-bond acceptors (Lipinski definition) is 6. The minimum atomic E-state index is -0.478. The van der Waals surface area contributed by atoms with Gasteiger partial charge in [-0.15, -0.1) is 0 Å². The molecule has 154 valence electrons. The zero-order valence-corrected chi connectivity index (χ0v) is 18.2. The fourth-order valence-corrected chi connectivity index (χ4v) is 2.44. The van der Waals surface area contributed by atoms with E-state index in [0.29, 0.717) is 17.2 Å². The standard InChI is InChI=1S/C19H20BrN3O5S/c1-12-9-15(7-8-16(12)20)28-11-18(25)22-23-19(29)21-17(24)10-27-14-5-3-13(26-2)4-6-14/h3-9H,10-11H2,1-2H3,(H,22,25)(H2,21,23,24,29). The van der Waals surface area contributed by atoms with Crippen molar-refractivity contribution in [1.29, 1.82) is 0 Å². The first kappa shape index (κ1) is 22.4. The summed E-state index contributed by atoms with van der Waals surface area (Å²) in [5.41, 5.74) is 5.75. The Hall–Kier alpha value is -2.85. The van der Waals surface area contributed by atoms with E-state index in [1.54, 1.807) is 43.5 Å². The number of nitrogens with one attached hydrogen (secondary N) is 3. The van der Waals surface area contributed by atoms with Gasteiger partial charge in [-0.05, 0) is 67.2 Å². The van der Waals surface area contributed by atoms with Gasteiger partial charge in [0.1, 0.15) is 17.2 Å². The minimum absolute atomic E-state index is 0.0684. The van der Waals surface area contributed by atoms with Crippen LogP contribution in [-0.4, -0.2) is 37.3 Å². The Labute approximate surface area is 182 Å². The van der Waals surface area contributed by atoms with Crippen molar-refractivity contribution in [1.82, 2.24) is 16.2 Å². The van der Waals surface area contributed by atoms with E-state index >= 15 is 0 Å². The number of hydrogen-bond donors (Lipinski definition) is 3. The molecule has 29 heavy (non-hydrogen) atoms. The molecule has 0 spiro atoms. The largest absolute Gasteiger partial charge is 0.497 e. The molecule has 0 saturated carbocycles. The molecular weight excluding hydrogens is 462 g/mol. The number of rotatable bonds is 7. The van der Waals surface area contributed by atoms with Crippen LogP contribution in [0.15, 0.2) is 46.9 Å². The second-order valence-electron chi connectivity index (χ2n) is 5.71. The van der Waals surface area contributed by atoms with Gasteiger partial charge in [0.25, 0.3) is 11.8 Å². The third-order valence-electron chi connectivity index (χ3n) is 3.50. The number of aryl methyl sites for hydroxylation is 1. The van der Waals surface area contributed by atoms with Gasteiger partial charge < -0.3 is 14.2 Å². The summed E-state index contributed by atoms with van der Waals surface area (Å²) in [5, 5.41) is 2.32. The van der Waals surface area contributed by atoms with Gasteiger partial charge in [-0.25, -0.2) is 0 Å². The normalized spacial score (nSPS) is 9.90. The predicted octanol–water partition coefficient (Wildman–Crippen LogP) is 2.25. The van der Waals surface area contributed by atoms with E-state index in [1.807, 2.05) is 13.0 Å². The molecule has 3 N–H and O–H groups in total. The van der Waals surface area contributed by atoms with Gasteiger partial charge >= 0.3 is 0 Å².